The fraction of sp³-hybridized carbons (Fsp3) is 0.462. The second kappa shape index (κ2) is 6.49. The molecule has 0 aliphatic heterocycles. The van der Waals surface area contributed by atoms with Crippen molar-refractivity contribution in [3.8, 4) is 0 Å². The summed E-state index contributed by atoms with van der Waals surface area (Å²) in [6.45, 7) is 6.22. The molecule has 0 bridgehead atoms. The predicted octanol–water partition coefficient (Wildman–Crippen LogP) is 1.82. The molecule has 0 atom stereocenters. The molecule has 0 radical (unpaired) electrons. The maximum atomic E-state index is 12.5. The Morgan fingerprint density at radius 1 is 1.43 bits per heavy atom. The average molecular weight is 385 g/mol. The van der Waals surface area contributed by atoms with Crippen molar-refractivity contribution in [2.75, 3.05) is 0 Å². The van der Waals surface area contributed by atoms with Crippen LogP contribution in [0, 0.1) is 10.1 Å². The minimum Gasteiger partial charge on any atom is -0.348 e. The van der Waals surface area contributed by atoms with Crippen LogP contribution in [0.15, 0.2) is 23.1 Å². The van der Waals surface area contributed by atoms with Gasteiger partial charge in [-0.25, -0.2) is 0 Å². The maximum absolute atomic E-state index is 12.5. The number of aryl methyl sites for hydroxylation is 1. The van der Waals surface area contributed by atoms with Crippen LogP contribution in [0.2, 0.25) is 0 Å². The zero-order chi connectivity index (χ0) is 17.2. The first kappa shape index (κ1) is 17.1. The van der Waals surface area contributed by atoms with E-state index >= 15 is 0 Å². The van der Waals surface area contributed by atoms with Crippen molar-refractivity contribution in [1.82, 2.24) is 24.9 Å². The van der Waals surface area contributed by atoms with Gasteiger partial charge < -0.3 is 5.32 Å². The summed E-state index contributed by atoms with van der Waals surface area (Å²) in [6.07, 6.45) is 4.04. The number of nitrogens with zero attached hydrogens (tertiary/aromatic N) is 5. The first-order valence-corrected chi connectivity index (χ1v) is 7.74. The summed E-state index contributed by atoms with van der Waals surface area (Å²) < 4.78 is 3.87. The van der Waals surface area contributed by atoms with Crippen molar-refractivity contribution in [2.45, 2.75) is 39.4 Å². The molecule has 0 fully saturated rings. The summed E-state index contributed by atoms with van der Waals surface area (Å²) in [5.41, 5.74) is -0.363. The van der Waals surface area contributed by atoms with E-state index in [1.165, 1.54) is 10.9 Å². The maximum Gasteiger partial charge on any atom is 0.307 e. The van der Waals surface area contributed by atoms with Crippen LogP contribution in [0.3, 0.4) is 0 Å². The lowest BCUT2D eigenvalue weighted by atomic mass is 10.1. The SMILES string of the molecule is CCn1ncc(Br)c1CNC(=O)C(C)(C)n1cc([N+](=O)[O-])cn1. The number of carbonyl (C=O) groups excluding carboxylic acids is 1. The Morgan fingerprint density at radius 2 is 2.13 bits per heavy atom. The van der Waals surface area contributed by atoms with Crippen LogP contribution in [0.4, 0.5) is 5.69 Å². The summed E-state index contributed by atoms with van der Waals surface area (Å²) >= 11 is 3.40. The van der Waals surface area contributed by atoms with E-state index in [1.54, 1.807) is 24.7 Å². The van der Waals surface area contributed by atoms with E-state index in [0.29, 0.717) is 13.1 Å². The topological polar surface area (TPSA) is 108 Å². The highest BCUT2D eigenvalue weighted by Gasteiger charge is 2.32. The van der Waals surface area contributed by atoms with Crippen LogP contribution in [0.5, 0.6) is 0 Å². The quantitative estimate of drug-likeness (QED) is 0.603. The van der Waals surface area contributed by atoms with Crippen molar-refractivity contribution >= 4 is 27.5 Å². The van der Waals surface area contributed by atoms with E-state index in [0.717, 1.165) is 16.4 Å². The Hall–Kier alpha value is -2.23. The monoisotopic (exact) mass is 384 g/mol. The zero-order valence-electron chi connectivity index (χ0n) is 13.0. The van der Waals surface area contributed by atoms with Gasteiger partial charge in [-0.2, -0.15) is 10.2 Å². The molecule has 10 heteroatoms. The molecule has 2 heterocycles. The minimum absolute atomic E-state index is 0.155. The molecule has 124 valence electrons. The first-order valence-electron chi connectivity index (χ1n) is 6.95. The van der Waals surface area contributed by atoms with E-state index in [2.05, 4.69) is 31.4 Å². The van der Waals surface area contributed by atoms with Gasteiger partial charge in [0.15, 0.2) is 0 Å². The van der Waals surface area contributed by atoms with Gasteiger partial charge in [0.1, 0.15) is 17.9 Å². The fourth-order valence-corrected chi connectivity index (χ4v) is 2.47. The lowest BCUT2D eigenvalue weighted by Crippen LogP contribution is -2.44. The summed E-state index contributed by atoms with van der Waals surface area (Å²) in [7, 11) is 0. The van der Waals surface area contributed by atoms with Crippen LogP contribution in [-0.2, 0) is 23.4 Å². The molecule has 0 saturated carbocycles. The Labute approximate surface area is 140 Å². The smallest absolute Gasteiger partial charge is 0.307 e. The van der Waals surface area contributed by atoms with E-state index < -0.39 is 10.5 Å². The Bertz CT molecular complexity index is 736. The van der Waals surface area contributed by atoms with Gasteiger partial charge in [-0.05, 0) is 36.7 Å². The molecule has 0 aromatic carbocycles. The van der Waals surface area contributed by atoms with E-state index in [4.69, 9.17) is 0 Å². The highest BCUT2D eigenvalue weighted by molar-refractivity contribution is 9.10. The van der Waals surface area contributed by atoms with E-state index in [9.17, 15) is 14.9 Å². The fourth-order valence-electron chi connectivity index (χ4n) is 2.03. The highest BCUT2D eigenvalue weighted by Crippen LogP contribution is 2.20. The molecule has 2 rings (SSSR count). The van der Waals surface area contributed by atoms with Crippen molar-refractivity contribution in [1.29, 1.82) is 0 Å². The summed E-state index contributed by atoms with van der Waals surface area (Å²) in [6, 6.07) is 0. The Balaban J connectivity index is 2.12. The first-order chi connectivity index (χ1) is 10.8. The Kier molecular flexibility index (Phi) is 4.83. The molecule has 1 amide bonds. The van der Waals surface area contributed by atoms with E-state index in [-0.39, 0.29) is 11.6 Å². The number of hydrogen-bond acceptors (Lipinski definition) is 5. The van der Waals surface area contributed by atoms with Gasteiger partial charge >= 0.3 is 5.69 Å². The largest absolute Gasteiger partial charge is 0.348 e. The third-order valence-corrected chi connectivity index (χ3v) is 4.18. The molecular weight excluding hydrogens is 368 g/mol. The third-order valence-electron chi connectivity index (χ3n) is 3.52. The van der Waals surface area contributed by atoms with Crippen molar-refractivity contribution in [3.05, 3.63) is 38.9 Å². The molecular formula is C13H17BrN6O3. The van der Waals surface area contributed by atoms with Gasteiger partial charge in [-0.1, -0.05) is 0 Å². The van der Waals surface area contributed by atoms with E-state index in [1.807, 2.05) is 6.92 Å². The second-order valence-electron chi connectivity index (χ2n) is 5.40. The predicted molar refractivity (Wildman–Crippen MR) is 85.7 cm³/mol. The number of aromatic nitrogens is 4. The summed E-state index contributed by atoms with van der Waals surface area (Å²) in [5, 5.41) is 21.6. The standard InChI is InChI=1S/C13H17BrN6O3/c1-4-18-11(10(14)6-16-18)7-15-12(21)13(2,3)19-8-9(5-17-19)20(22)23/h5-6,8H,4,7H2,1-3H3,(H,15,21). The lowest BCUT2D eigenvalue weighted by Gasteiger charge is -2.24. The average Bonchev–Trinajstić information content (AvgIpc) is 3.12. The van der Waals surface area contributed by atoms with Crippen LogP contribution in [0.1, 0.15) is 26.5 Å². The number of nitro groups is 1. The number of rotatable bonds is 6. The highest BCUT2D eigenvalue weighted by atomic mass is 79.9. The zero-order valence-corrected chi connectivity index (χ0v) is 14.6. The number of carbonyl (C=O) groups is 1. The van der Waals surface area contributed by atoms with Gasteiger partial charge in [0.2, 0.25) is 5.91 Å². The molecule has 0 unspecified atom stereocenters. The van der Waals surface area contributed by atoms with Gasteiger partial charge in [0.05, 0.1) is 27.8 Å². The van der Waals surface area contributed by atoms with Gasteiger partial charge in [0, 0.05) is 6.54 Å². The molecule has 0 saturated heterocycles. The summed E-state index contributed by atoms with van der Waals surface area (Å²) in [4.78, 5) is 22.7. The number of hydrogen-bond donors (Lipinski definition) is 1. The van der Waals surface area contributed by atoms with Gasteiger partial charge in [0.25, 0.3) is 0 Å². The second-order valence-corrected chi connectivity index (χ2v) is 6.25. The van der Waals surface area contributed by atoms with Gasteiger partial charge in [-0.15, -0.1) is 0 Å². The molecule has 0 spiro atoms. The normalized spacial score (nSPS) is 11.5. The lowest BCUT2D eigenvalue weighted by molar-refractivity contribution is -0.385. The van der Waals surface area contributed by atoms with Crippen LogP contribution in [-0.4, -0.2) is 30.4 Å². The number of amides is 1. The summed E-state index contributed by atoms with van der Waals surface area (Å²) in [5.74, 6) is -0.300. The molecule has 1 N–H and O–H groups in total. The number of halogens is 1. The van der Waals surface area contributed by atoms with Crippen molar-refractivity contribution < 1.29 is 9.72 Å². The van der Waals surface area contributed by atoms with Crippen molar-refractivity contribution in [2.24, 2.45) is 0 Å². The van der Waals surface area contributed by atoms with Crippen molar-refractivity contribution in [3.63, 3.8) is 0 Å². The molecule has 2 aromatic rings. The van der Waals surface area contributed by atoms with Crippen LogP contribution in [0.25, 0.3) is 0 Å². The molecule has 9 nitrogen and oxygen atoms in total. The molecule has 0 aliphatic rings. The molecule has 0 aliphatic carbocycles. The van der Waals surface area contributed by atoms with Gasteiger partial charge in [-0.3, -0.25) is 24.3 Å². The minimum atomic E-state index is -1.06. The molecule has 23 heavy (non-hydrogen) atoms. The third kappa shape index (κ3) is 3.41. The van der Waals surface area contributed by atoms with Crippen LogP contribution < -0.4 is 5.32 Å². The van der Waals surface area contributed by atoms with Crippen LogP contribution >= 0.6 is 15.9 Å². The Morgan fingerprint density at radius 3 is 2.70 bits per heavy atom. The number of nitrogens with one attached hydrogen (secondary N) is 1. The molecule has 2 aromatic heterocycles.